The highest BCUT2D eigenvalue weighted by molar-refractivity contribution is 9.10. The molecule has 0 aliphatic rings. The van der Waals surface area contributed by atoms with Crippen LogP contribution in [0.1, 0.15) is 10.4 Å². The van der Waals surface area contributed by atoms with Crippen molar-refractivity contribution in [1.29, 1.82) is 0 Å². The topological polar surface area (TPSA) is 75.7 Å². The van der Waals surface area contributed by atoms with E-state index in [0.29, 0.717) is 0 Å². The smallest absolute Gasteiger partial charge is 0.422 e. The summed E-state index contributed by atoms with van der Waals surface area (Å²) in [5.74, 6) is -0.864. The molecule has 28 heavy (non-hydrogen) atoms. The summed E-state index contributed by atoms with van der Waals surface area (Å²) in [6.45, 7) is -1.51. The van der Waals surface area contributed by atoms with E-state index in [1.54, 1.807) is 0 Å². The van der Waals surface area contributed by atoms with Crippen LogP contribution in [0.15, 0.2) is 51.8 Å². The third-order valence-corrected chi connectivity index (χ3v) is 6.29. The lowest BCUT2D eigenvalue weighted by Gasteiger charge is -2.15. The van der Waals surface area contributed by atoms with Gasteiger partial charge in [0.15, 0.2) is 6.61 Å². The van der Waals surface area contributed by atoms with Crippen molar-refractivity contribution in [1.82, 2.24) is 4.31 Å². The third kappa shape index (κ3) is 5.46. The Labute approximate surface area is 168 Å². The molecule has 1 amide bonds. The number of anilines is 1. The number of para-hydroxylation sites is 2. The molecular weight excluding hydrogens is 465 g/mol. The zero-order valence-electron chi connectivity index (χ0n) is 14.7. The summed E-state index contributed by atoms with van der Waals surface area (Å²) in [5, 5.41) is 2.44. The number of carbonyl (C=O) groups is 1. The fraction of sp³-hybridized carbons (Fsp3) is 0.235. The van der Waals surface area contributed by atoms with Crippen LogP contribution in [-0.4, -0.2) is 45.5 Å². The highest BCUT2D eigenvalue weighted by atomic mass is 79.9. The van der Waals surface area contributed by atoms with Crippen molar-refractivity contribution in [2.45, 2.75) is 11.1 Å². The quantitative estimate of drug-likeness (QED) is 0.680. The minimum atomic E-state index is -4.53. The van der Waals surface area contributed by atoms with Gasteiger partial charge < -0.3 is 10.1 Å². The first-order valence-corrected chi connectivity index (χ1v) is 9.97. The second-order valence-electron chi connectivity index (χ2n) is 5.79. The van der Waals surface area contributed by atoms with Gasteiger partial charge in [-0.3, -0.25) is 4.79 Å². The molecule has 2 aromatic carbocycles. The standard InChI is InChI=1S/C17H16BrF3N2O4S/c1-23(2)28(25,26)15-9-11(7-8-12(15)18)16(24)22-13-5-3-4-6-14(13)27-10-17(19,20)21/h3-9H,10H2,1-2H3,(H,22,24). The third-order valence-electron chi connectivity index (χ3n) is 3.48. The molecular formula is C17H16BrF3N2O4S. The molecule has 1 N–H and O–H groups in total. The minimum absolute atomic E-state index is 0.00856. The second-order valence-corrected chi connectivity index (χ2v) is 8.76. The molecule has 0 heterocycles. The highest BCUT2D eigenvalue weighted by Crippen LogP contribution is 2.28. The van der Waals surface area contributed by atoms with Gasteiger partial charge in [-0.2, -0.15) is 13.2 Å². The fourth-order valence-electron chi connectivity index (χ4n) is 2.09. The van der Waals surface area contributed by atoms with E-state index in [2.05, 4.69) is 21.2 Å². The van der Waals surface area contributed by atoms with Gasteiger partial charge in [0.25, 0.3) is 5.91 Å². The fourth-order valence-corrected chi connectivity index (χ4v) is 3.93. The van der Waals surface area contributed by atoms with Crippen molar-refractivity contribution < 1.29 is 31.1 Å². The molecule has 0 aliphatic heterocycles. The summed E-state index contributed by atoms with van der Waals surface area (Å²) >= 11 is 3.14. The molecule has 0 fully saturated rings. The molecule has 0 aliphatic carbocycles. The highest BCUT2D eigenvalue weighted by Gasteiger charge is 2.29. The number of halogens is 4. The molecule has 0 saturated carbocycles. The van der Waals surface area contributed by atoms with Crippen LogP contribution in [0, 0.1) is 0 Å². The average Bonchev–Trinajstić information content (AvgIpc) is 2.60. The number of rotatable bonds is 6. The maximum Gasteiger partial charge on any atom is 0.422 e. The molecule has 0 atom stereocenters. The van der Waals surface area contributed by atoms with Crippen LogP contribution < -0.4 is 10.1 Å². The molecule has 6 nitrogen and oxygen atoms in total. The molecule has 0 spiro atoms. The van der Waals surface area contributed by atoms with E-state index in [4.69, 9.17) is 4.74 Å². The van der Waals surface area contributed by atoms with Gasteiger partial charge in [-0.05, 0) is 46.3 Å². The lowest BCUT2D eigenvalue weighted by atomic mass is 10.2. The Bertz CT molecular complexity index is 979. The number of nitrogens with zero attached hydrogens (tertiary/aromatic N) is 1. The number of benzene rings is 2. The van der Waals surface area contributed by atoms with E-state index in [-0.39, 0.29) is 26.4 Å². The molecule has 0 saturated heterocycles. The van der Waals surface area contributed by atoms with Crippen LogP contribution in [-0.2, 0) is 10.0 Å². The summed E-state index contributed by atoms with van der Waals surface area (Å²) < 4.78 is 67.8. The zero-order valence-corrected chi connectivity index (χ0v) is 17.2. The van der Waals surface area contributed by atoms with Crippen LogP contribution in [0.5, 0.6) is 5.75 Å². The van der Waals surface area contributed by atoms with Gasteiger partial charge in [0, 0.05) is 24.1 Å². The van der Waals surface area contributed by atoms with Gasteiger partial charge in [0.1, 0.15) is 5.75 Å². The monoisotopic (exact) mass is 480 g/mol. The van der Waals surface area contributed by atoms with Crippen molar-refractivity contribution in [3.8, 4) is 5.75 Å². The summed E-state index contributed by atoms with van der Waals surface area (Å²) in [6, 6.07) is 9.59. The first-order valence-electron chi connectivity index (χ1n) is 7.74. The number of hydrogen-bond acceptors (Lipinski definition) is 4. The predicted octanol–water partition coefficient (Wildman–Crippen LogP) is 3.89. The van der Waals surface area contributed by atoms with E-state index in [0.717, 1.165) is 4.31 Å². The SMILES string of the molecule is CN(C)S(=O)(=O)c1cc(C(=O)Nc2ccccc2OCC(F)(F)F)ccc1Br. The van der Waals surface area contributed by atoms with Gasteiger partial charge in [0.05, 0.1) is 10.6 Å². The van der Waals surface area contributed by atoms with E-state index in [1.165, 1.54) is 56.6 Å². The van der Waals surface area contributed by atoms with Gasteiger partial charge in [0.2, 0.25) is 10.0 Å². The molecule has 152 valence electrons. The molecule has 2 rings (SSSR count). The molecule has 0 bridgehead atoms. The number of hydrogen-bond donors (Lipinski definition) is 1. The maximum atomic E-state index is 12.5. The zero-order chi connectivity index (χ0) is 21.1. The second kappa shape index (κ2) is 8.50. The summed E-state index contributed by atoms with van der Waals surface area (Å²) in [5.41, 5.74) is 0.0333. The Morgan fingerprint density at radius 2 is 1.82 bits per heavy atom. The Kier molecular flexibility index (Phi) is 6.73. The van der Waals surface area contributed by atoms with E-state index < -0.39 is 28.7 Å². The van der Waals surface area contributed by atoms with Crippen LogP contribution in [0.25, 0.3) is 0 Å². The first-order chi connectivity index (χ1) is 12.9. The predicted molar refractivity (Wildman–Crippen MR) is 101 cm³/mol. The molecule has 11 heteroatoms. The van der Waals surface area contributed by atoms with Crippen LogP contribution in [0.2, 0.25) is 0 Å². The summed E-state index contributed by atoms with van der Waals surface area (Å²) in [6.07, 6.45) is -4.53. The average molecular weight is 481 g/mol. The molecule has 0 radical (unpaired) electrons. The van der Waals surface area contributed by atoms with Crippen LogP contribution >= 0.6 is 15.9 Å². The number of alkyl halides is 3. The number of carbonyl (C=O) groups excluding carboxylic acids is 1. The largest absolute Gasteiger partial charge is 0.482 e. The summed E-state index contributed by atoms with van der Waals surface area (Å²) in [7, 11) is -1.11. The first kappa shape index (κ1) is 22.2. The van der Waals surface area contributed by atoms with Crippen molar-refractivity contribution in [2.24, 2.45) is 0 Å². The van der Waals surface area contributed by atoms with Gasteiger partial charge in [-0.1, -0.05) is 12.1 Å². The normalized spacial score (nSPS) is 12.1. The number of sulfonamides is 1. The van der Waals surface area contributed by atoms with Crippen molar-refractivity contribution in [3.63, 3.8) is 0 Å². The van der Waals surface area contributed by atoms with Gasteiger partial charge in [-0.25, -0.2) is 12.7 Å². The number of nitrogens with one attached hydrogen (secondary N) is 1. The van der Waals surface area contributed by atoms with Crippen molar-refractivity contribution in [2.75, 3.05) is 26.0 Å². The molecule has 0 aromatic heterocycles. The van der Waals surface area contributed by atoms with E-state index >= 15 is 0 Å². The maximum absolute atomic E-state index is 12.5. The molecule has 2 aromatic rings. The van der Waals surface area contributed by atoms with E-state index in [9.17, 15) is 26.4 Å². The lowest BCUT2D eigenvalue weighted by Crippen LogP contribution is -2.23. The Hall–Kier alpha value is -2.11. The van der Waals surface area contributed by atoms with Crippen molar-refractivity contribution in [3.05, 3.63) is 52.5 Å². The Morgan fingerprint density at radius 1 is 1.18 bits per heavy atom. The number of amides is 1. The lowest BCUT2D eigenvalue weighted by molar-refractivity contribution is -0.153. The van der Waals surface area contributed by atoms with Gasteiger partial charge >= 0.3 is 6.18 Å². The molecule has 0 unspecified atom stereocenters. The minimum Gasteiger partial charge on any atom is -0.482 e. The van der Waals surface area contributed by atoms with E-state index in [1.807, 2.05) is 0 Å². The number of ether oxygens (including phenoxy) is 1. The van der Waals surface area contributed by atoms with Gasteiger partial charge in [-0.15, -0.1) is 0 Å². The van der Waals surface area contributed by atoms with Crippen LogP contribution in [0.4, 0.5) is 18.9 Å². The van der Waals surface area contributed by atoms with Crippen LogP contribution in [0.3, 0.4) is 0 Å². The Balaban J connectivity index is 2.30. The summed E-state index contributed by atoms with van der Waals surface area (Å²) in [4.78, 5) is 12.4. The Morgan fingerprint density at radius 3 is 2.43 bits per heavy atom. The van der Waals surface area contributed by atoms with Crippen molar-refractivity contribution >= 4 is 37.5 Å².